The number of amides is 1. The average Bonchev–Trinajstić information content (AvgIpc) is 2.48. The summed E-state index contributed by atoms with van der Waals surface area (Å²) in [4.78, 5) is 14.3. The topological polar surface area (TPSA) is 32.3 Å². The standard InChI is InChI=1S/C18H21BrN2O/c1-4-21(16-7-5-6-13(2)10-16)12-18(22)20-15-8-9-17(19)14(3)11-15/h5-11H,4,12H2,1-3H3,(H,20,22). The van der Waals surface area contributed by atoms with Crippen molar-refractivity contribution < 1.29 is 4.79 Å². The summed E-state index contributed by atoms with van der Waals surface area (Å²) in [6, 6.07) is 14.0. The van der Waals surface area contributed by atoms with Gasteiger partial charge >= 0.3 is 0 Å². The molecule has 116 valence electrons. The Bertz CT molecular complexity index is 670. The van der Waals surface area contributed by atoms with Crippen LogP contribution in [-0.4, -0.2) is 19.0 Å². The number of anilines is 2. The van der Waals surface area contributed by atoms with E-state index in [2.05, 4.69) is 52.1 Å². The van der Waals surface area contributed by atoms with Crippen molar-refractivity contribution in [2.24, 2.45) is 0 Å². The van der Waals surface area contributed by atoms with Crippen LogP contribution < -0.4 is 10.2 Å². The molecule has 0 heterocycles. The third-order valence-electron chi connectivity index (χ3n) is 3.52. The molecule has 0 fully saturated rings. The molecule has 22 heavy (non-hydrogen) atoms. The van der Waals surface area contributed by atoms with Crippen molar-refractivity contribution in [1.82, 2.24) is 0 Å². The van der Waals surface area contributed by atoms with Crippen LogP contribution in [-0.2, 0) is 4.79 Å². The lowest BCUT2D eigenvalue weighted by atomic mass is 10.2. The maximum Gasteiger partial charge on any atom is 0.243 e. The third kappa shape index (κ3) is 4.34. The molecule has 0 saturated heterocycles. The molecule has 2 aromatic rings. The van der Waals surface area contributed by atoms with Crippen molar-refractivity contribution >= 4 is 33.2 Å². The maximum absolute atomic E-state index is 12.3. The summed E-state index contributed by atoms with van der Waals surface area (Å²) < 4.78 is 1.04. The van der Waals surface area contributed by atoms with Gasteiger partial charge in [-0.25, -0.2) is 0 Å². The number of carbonyl (C=O) groups is 1. The minimum atomic E-state index is -0.00919. The molecule has 0 aliphatic carbocycles. The zero-order valence-electron chi connectivity index (χ0n) is 13.2. The van der Waals surface area contributed by atoms with E-state index in [9.17, 15) is 4.79 Å². The first kappa shape index (κ1) is 16.6. The Balaban J connectivity index is 2.04. The second-order valence-corrected chi connectivity index (χ2v) is 6.22. The highest BCUT2D eigenvalue weighted by Crippen LogP contribution is 2.20. The Hall–Kier alpha value is -1.81. The molecular formula is C18H21BrN2O. The van der Waals surface area contributed by atoms with Gasteiger partial charge in [0.25, 0.3) is 0 Å². The summed E-state index contributed by atoms with van der Waals surface area (Å²) in [5, 5.41) is 2.96. The molecule has 0 spiro atoms. The summed E-state index contributed by atoms with van der Waals surface area (Å²) in [6.45, 7) is 7.25. The van der Waals surface area contributed by atoms with Crippen LogP contribution in [0, 0.1) is 13.8 Å². The van der Waals surface area contributed by atoms with E-state index in [1.54, 1.807) is 0 Å². The molecule has 0 unspecified atom stereocenters. The molecule has 0 bridgehead atoms. The van der Waals surface area contributed by atoms with Crippen molar-refractivity contribution in [1.29, 1.82) is 0 Å². The van der Waals surface area contributed by atoms with Crippen LogP contribution in [0.15, 0.2) is 46.9 Å². The van der Waals surface area contributed by atoms with Gasteiger partial charge in [0, 0.05) is 22.4 Å². The Kier molecular flexibility index (Phi) is 5.61. The van der Waals surface area contributed by atoms with Crippen molar-refractivity contribution in [3.63, 3.8) is 0 Å². The lowest BCUT2D eigenvalue weighted by Gasteiger charge is -2.23. The second-order valence-electron chi connectivity index (χ2n) is 5.37. The van der Waals surface area contributed by atoms with E-state index >= 15 is 0 Å². The summed E-state index contributed by atoms with van der Waals surface area (Å²) in [7, 11) is 0. The number of benzene rings is 2. The van der Waals surface area contributed by atoms with Gasteiger partial charge in [0.2, 0.25) is 5.91 Å². The number of nitrogens with zero attached hydrogens (tertiary/aromatic N) is 1. The fraction of sp³-hybridized carbons (Fsp3) is 0.278. The predicted molar refractivity (Wildman–Crippen MR) is 96.6 cm³/mol. The Morgan fingerprint density at radius 2 is 1.95 bits per heavy atom. The number of hydrogen-bond donors (Lipinski definition) is 1. The van der Waals surface area contributed by atoms with Gasteiger partial charge in [-0.3, -0.25) is 4.79 Å². The van der Waals surface area contributed by atoms with Gasteiger partial charge < -0.3 is 10.2 Å². The summed E-state index contributed by atoms with van der Waals surface area (Å²) in [6.07, 6.45) is 0. The largest absolute Gasteiger partial charge is 0.362 e. The van der Waals surface area contributed by atoms with Gasteiger partial charge in [-0.2, -0.15) is 0 Å². The van der Waals surface area contributed by atoms with E-state index in [1.165, 1.54) is 5.56 Å². The van der Waals surface area contributed by atoms with E-state index in [-0.39, 0.29) is 5.91 Å². The van der Waals surface area contributed by atoms with Crippen LogP contribution in [0.4, 0.5) is 11.4 Å². The highest BCUT2D eigenvalue weighted by Gasteiger charge is 2.10. The summed E-state index contributed by atoms with van der Waals surface area (Å²) in [5.74, 6) is -0.00919. The normalized spacial score (nSPS) is 10.4. The van der Waals surface area contributed by atoms with E-state index in [0.717, 1.165) is 28.0 Å². The Morgan fingerprint density at radius 3 is 2.59 bits per heavy atom. The minimum Gasteiger partial charge on any atom is -0.362 e. The molecule has 1 N–H and O–H groups in total. The zero-order valence-corrected chi connectivity index (χ0v) is 14.8. The molecular weight excluding hydrogens is 340 g/mol. The number of likely N-dealkylation sites (N-methyl/N-ethyl adjacent to an activating group) is 1. The van der Waals surface area contributed by atoms with Gasteiger partial charge in [0.1, 0.15) is 0 Å². The number of carbonyl (C=O) groups excluding carboxylic acids is 1. The van der Waals surface area contributed by atoms with Crippen LogP contribution in [0.2, 0.25) is 0 Å². The van der Waals surface area contributed by atoms with Gasteiger partial charge in [-0.1, -0.05) is 28.1 Å². The minimum absolute atomic E-state index is 0.00919. The number of aryl methyl sites for hydroxylation is 2. The summed E-state index contributed by atoms with van der Waals surface area (Å²) >= 11 is 3.46. The van der Waals surface area contributed by atoms with Crippen molar-refractivity contribution in [3.05, 3.63) is 58.1 Å². The molecule has 0 atom stereocenters. The fourth-order valence-corrected chi connectivity index (χ4v) is 2.55. The van der Waals surface area contributed by atoms with Crippen molar-refractivity contribution in [2.45, 2.75) is 20.8 Å². The highest BCUT2D eigenvalue weighted by atomic mass is 79.9. The highest BCUT2D eigenvalue weighted by molar-refractivity contribution is 9.10. The van der Waals surface area contributed by atoms with E-state index < -0.39 is 0 Å². The number of hydrogen-bond acceptors (Lipinski definition) is 2. The lowest BCUT2D eigenvalue weighted by Crippen LogP contribution is -2.33. The lowest BCUT2D eigenvalue weighted by molar-refractivity contribution is -0.115. The van der Waals surface area contributed by atoms with Crippen molar-refractivity contribution in [2.75, 3.05) is 23.3 Å². The molecule has 1 amide bonds. The number of rotatable bonds is 5. The SMILES string of the molecule is CCN(CC(=O)Nc1ccc(Br)c(C)c1)c1cccc(C)c1. The van der Waals surface area contributed by atoms with E-state index in [4.69, 9.17) is 0 Å². The molecule has 3 nitrogen and oxygen atoms in total. The molecule has 0 saturated carbocycles. The first-order valence-corrected chi connectivity index (χ1v) is 8.16. The van der Waals surface area contributed by atoms with Crippen LogP contribution >= 0.6 is 15.9 Å². The quantitative estimate of drug-likeness (QED) is 0.849. The van der Waals surface area contributed by atoms with E-state index in [0.29, 0.717) is 6.54 Å². The molecule has 0 aliphatic rings. The van der Waals surface area contributed by atoms with Crippen LogP contribution in [0.25, 0.3) is 0 Å². The zero-order chi connectivity index (χ0) is 16.1. The predicted octanol–water partition coefficient (Wildman–Crippen LogP) is 4.53. The van der Waals surface area contributed by atoms with Gasteiger partial charge in [-0.15, -0.1) is 0 Å². The van der Waals surface area contributed by atoms with E-state index in [1.807, 2.05) is 37.3 Å². The number of nitrogens with one attached hydrogen (secondary N) is 1. The summed E-state index contributed by atoms with van der Waals surface area (Å²) in [5.41, 5.74) is 4.19. The maximum atomic E-state index is 12.3. The van der Waals surface area contributed by atoms with Crippen LogP contribution in [0.5, 0.6) is 0 Å². The fourth-order valence-electron chi connectivity index (χ4n) is 2.31. The molecule has 0 aliphatic heterocycles. The first-order chi connectivity index (χ1) is 10.5. The Labute approximate surface area is 140 Å². The smallest absolute Gasteiger partial charge is 0.243 e. The first-order valence-electron chi connectivity index (χ1n) is 7.37. The van der Waals surface area contributed by atoms with Gasteiger partial charge in [0.15, 0.2) is 0 Å². The van der Waals surface area contributed by atoms with Crippen LogP contribution in [0.1, 0.15) is 18.1 Å². The Morgan fingerprint density at radius 1 is 1.18 bits per heavy atom. The second kappa shape index (κ2) is 7.45. The number of halogens is 1. The average molecular weight is 361 g/mol. The van der Waals surface area contributed by atoms with Gasteiger partial charge in [-0.05, 0) is 62.2 Å². The molecule has 0 aromatic heterocycles. The molecule has 0 radical (unpaired) electrons. The monoisotopic (exact) mass is 360 g/mol. The third-order valence-corrected chi connectivity index (χ3v) is 4.41. The molecule has 2 rings (SSSR count). The van der Waals surface area contributed by atoms with Crippen molar-refractivity contribution in [3.8, 4) is 0 Å². The van der Waals surface area contributed by atoms with Gasteiger partial charge in [0.05, 0.1) is 6.54 Å². The van der Waals surface area contributed by atoms with Crippen LogP contribution in [0.3, 0.4) is 0 Å². The molecule has 2 aromatic carbocycles. The molecule has 4 heteroatoms.